The van der Waals surface area contributed by atoms with E-state index in [1.807, 2.05) is 60.7 Å². The third-order valence-electron chi connectivity index (χ3n) is 5.95. The molecule has 180 valence electrons. The zero-order valence-corrected chi connectivity index (χ0v) is 20.4. The first-order valence-electron chi connectivity index (χ1n) is 11.5. The van der Waals surface area contributed by atoms with E-state index in [4.69, 9.17) is 4.98 Å². The number of benzene rings is 3. The third-order valence-corrected chi connectivity index (χ3v) is 7.70. The van der Waals surface area contributed by atoms with Gasteiger partial charge in [0.15, 0.2) is 15.5 Å². The summed E-state index contributed by atoms with van der Waals surface area (Å²) in [4.78, 5) is 18.5. The van der Waals surface area contributed by atoms with E-state index in [-0.39, 0.29) is 16.6 Å². The monoisotopic (exact) mass is 496 g/mol. The van der Waals surface area contributed by atoms with E-state index in [0.29, 0.717) is 34.5 Å². The molecule has 0 bridgehead atoms. The zero-order valence-electron chi connectivity index (χ0n) is 19.6. The smallest absolute Gasteiger partial charge is 0.256 e. The lowest BCUT2D eigenvalue weighted by molar-refractivity contribution is 0.102. The van der Waals surface area contributed by atoms with Crippen molar-refractivity contribution >= 4 is 32.5 Å². The van der Waals surface area contributed by atoms with Crippen molar-refractivity contribution in [1.82, 2.24) is 14.8 Å². The summed E-state index contributed by atoms with van der Waals surface area (Å²) in [5.41, 5.74) is 4.15. The summed E-state index contributed by atoms with van der Waals surface area (Å²) in [7, 11) is -3.32. The van der Waals surface area contributed by atoms with Crippen molar-refractivity contribution < 1.29 is 13.2 Å². The normalized spacial score (nSPS) is 11.5. The van der Waals surface area contributed by atoms with Gasteiger partial charge >= 0.3 is 0 Å². The first-order chi connectivity index (χ1) is 17.4. The second kappa shape index (κ2) is 9.75. The molecular formula is C28H24N4O3S. The Morgan fingerprint density at radius 2 is 1.58 bits per heavy atom. The van der Waals surface area contributed by atoms with Gasteiger partial charge in [-0.25, -0.2) is 18.1 Å². The molecule has 0 radical (unpaired) electrons. The summed E-state index contributed by atoms with van der Waals surface area (Å²) >= 11 is 0. The van der Waals surface area contributed by atoms with E-state index in [2.05, 4.69) is 10.4 Å². The van der Waals surface area contributed by atoms with E-state index in [0.717, 1.165) is 11.1 Å². The first-order valence-corrected chi connectivity index (χ1v) is 13.2. The van der Waals surface area contributed by atoms with Crippen molar-refractivity contribution in [3.63, 3.8) is 0 Å². The van der Waals surface area contributed by atoms with Gasteiger partial charge in [-0.15, -0.1) is 0 Å². The van der Waals surface area contributed by atoms with Crippen molar-refractivity contribution in [2.24, 2.45) is 0 Å². The molecular weight excluding hydrogens is 472 g/mol. The molecule has 0 saturated heterocycles. The fourth-order valence-electron chi connectivity index (χ4n) is 3.98. The summed E-state index contributed by atoms with van der Waals surface area (Å²) in [6.45, 7) is 2.12. The molecule has 2 aromatic heterocycles. The predicted molar refractivity (Wildman–Crippen MR) is 141 cm³/mol. The van der Waals surface area contributed by atoms with Crippen molar-refractivity contribution in [3.05, 3.63) is 108 Å². The topological polar surface area (TPSA) is 93.9 Å². The number of carbonyl (C=O) groups is 1. The van der Waals surface area contributed by atoms with Gasteiger partial charge in [0.1, 0.15) is 0 Å². The SMILES string of the molecule is CCS(=O)(=O)c1ccc(NC(=O)c2cc(-c3ccccc3)nc3c2cnn3Cc2ccccc2)cc1. The van der Waals surface area contributed by atoms with Crippen LogP contribution >= 0.6 is 0 Å². The molecule has 3 aromatic carbocycles. The van der Waals surface area contributed by atoms with Crippen LogP contribution in [0.2, 0.25) is 0 Å². The average Bonchev–Trinajstić information content (AvgIpc) is 3.32. The summed E-state index contributed by atoms with van der Waals surface area (Å²) < 4.78 is 26.0. The van der Waals surface area contributed by atoms with Gasteiger partial charge in [-0.05, 0) is 35.9 Å². The number of pyridine rings is 1. The number of rotatable bonds is 7. The minimum absolute atomic E-state index is 0.0168. The predicted octanol–water partition coefficient (Wildman–Crippen LogP) is 5.19. The van der Waals surface area contributed by atoms with E-state index < -0.39 is 9.84 Å². The van der Waals surface area contributed by atoms with Crippen LogP contribution in [0.15, 0.2) is 102 Å². The van der Waals surface area contributed by atoms with E-state index in [1.165, 1.54) is 12.1 Å². The molecule has 1 N–H and O–H groups in total. The molecule has 0 spiro atoms. The molecule has 0 aliphatic rings. The lowest BCUT2D eigenvalue weighted by Gasteiger charge is -2.10. The minimum Gasteiger partial charge on any atom is -0.322 e. The highest BCUT2D eigenvalue weighted by Crippen LogP contribution is 2.26. The lowest BCUT2D eigenvalue weighted by atomic mass is 10.1. The maximum absolute atomic E-state index is 13.4. The summed E-state index contributed by atoms with van der Waals surface area (Å²) in [6.07, 6.45) is 1.66. The minimum atomic E-state index is -3.32. The number of nitrogens with zero attached hydrogens (tertiary/aromatic N) is 3. The number of amides is 1. The Kier molecular flexibility index (Phi) is 6.35. The van der Waals surface area contributed by atoms with Crippen LogP contribution in [-0.4, -0.2) is 34.8 Å². The largest absolute Gasteiger partial charge is 0.322 e. The molecule has 0 aliphatic carbocycles. The van der Waals surface area contributed by atoms with E-state index in [9.17, 15) is 13.2 Å². The highest BCUT2D eigenvalue weighted by Gasteiger charge is 2.18. The first kappa shape index (κ1) is 23.4. The van der Waals surface area contributed by atoms with Crippen LogP contribution in [0, 0.1) is 0 Å². The molecule has 5 rings (SSSR count). The Morgan fingerprint density at radius 3 is 2.25 bits per heavy atom. The fourth-order valence-corrected chi connectivity index (χ4v) is 4.86. The quantitative estimate of drug-likeness (QED) is 0.335. The van der Waals surface area contributed by atoms with Gasteiger partial charge in [0.05, 0.1) is 40.0 Å². The van der Waals surface area contributed by atoms with Crippen LogP contribution in [-0.2, 0) is 16.4 Å². The van der Waals surface area contributed by atoms with Crippen molar-refractivity contribution in [3.8, 4) is 11.3 Å². The van der Waals surface area contributed by atoms with Crippen molar-refractivity contribution in [2.45, 2.75) is 18.4 Å². The second-order valence-corrected chi connectivity index (χ2v) is 10.6. The maximum Gasteiger partial charge on any atom is 0.256 e. The highest BCUT2D eigenvalue weighted by molar-refractivity contribution is 7.91. The summed E-state index contributed by atoms with van der Waals surface area (Å²) in [6, 6.07) is 27.6. The van der Waals surface area contributed by atoms with E-state index in [1.54, 1.807) is 36.0 Å². The maximum atomic E-state index is 13.4. The summed E-state index contributed by atoms with van der Waals surface area (Å²) in [5, 5.41) is 8.05. The van der Waals surface area contributed by atoms with Gasteiger partial charge in [0, 0.05) is 11.3 Å². The van der Waals surface area contributed by atoms with E-state index >= 15 is 0 Å². The number of hydrogen-bond donors (Lipinski definition) is 1. The number of aromatic nitrogens is 3. The third kappa shape index (κ3) is 4.76. The van der Waals surface area contributed by atoms with Crippen LogP contribution in [0.1, 0.15) is 22.8 Å². The van der Waals surface area contributed by atoms with Gasteiger partial charge in [-0.3, -0.25) is 4.79 Å². The molecule has 0 aliphatic heterocycles. The Bertz CT molecular complexity index is 1630. The highest BCUT2D eigenvalue weighted by atomic mass is 32.2. The zero-order chi connectivity index (χ0) is 25.1. The van der Waals surface area contributed by atoms with Gasteiger partial charge < -0.3 is 5.32 Å². The van der Waals surface area contributed by atoms with Crippen LogP contribution in [0.4, 0.5) is 5.69 Å². The Morgan fingerprint density at radius 1 is 0.917 bits per heavy atom. The number of fused-ring (bicyclic) bond motifs is 1. The van der Waals surface area contributed by atoms with Crippen LogP contribution < -0.4 is 5.32 Å². The molecule has 7 nitrogen and oxygen atoms in total. The number of carbonyl (C=O) groups excluding carboxylic acids is 1. The van der Waals surface area contributed by atoms with Crippen molar-refractivity contribution in [2.75, 3.05) is 11.1 Å². The number of nitrogens with one attached hydrogen (secondary N) is 1. The number of anilines is 1. The number of sulfone groups is 1. The van der Waals surface area contributed by atoms with Gasteiger partial charge in [-0.1, -0.05) is 67.6 Å². The molecule has 0 fully saturated rings. The molecule has 2 heterocycles. The van der Waals surface area contributed by atoms with Gasteiger partial charge in [0.2, 0.25) is 0 Å². The molecule has 8 heteroatoms. The fraction of sp³-hybridized carbons (Fsp3) is 0.107. The standard InChI is InChI=1S/C28H24N4O3S/c1-2-36(34,35)23-15-13-22(14-16-23)30-28(33)24-17-26(21-11-7-4-8-12-21)31-27-25(24)18-29-32(27)19-20-9-5-3-6-10-20/h3-18H,2,19H2,1H3,(H,30,33). The summed E-state index contributed by atoms with van der Waals surface area (Å²) in [5.74, 6) is -0.312. The molecule has 5 aromatic rings. The average molecular weight is 497 g/mol. The lowest BCUT2D eigenvalue weighted by Crippen LogP contribution is -2.13. The van der Waals surface area contributed by atoms with Crippen LogP contribution in [0.25, 0.3) is 22.3 Å². The molecule has 0 unspecified atom stereocenters. The van der Waals surface area contributed by atoms with Gasteiger partial charge in [-0.2, -0.15) is 5.10 Å². The Labute approximate surface area is 209 Å². The molecule has 0 atom stereocenters. The molecule has 1 amide bonds. The Balaban J connectivity index is 1.54. The molecule has 0 saturated carbocycles. The number of hydrogen-bond acceptors (Lipinski definition) is 5. The van der Waals surface area contributed by atoms with Crippen molar-refractivity contribution in [1.29, 1.82) is 0 Å². The van der Waals surface area contributed by atoms with Gasteiger partial charge in [0.25, 0.3) is 5.91 Å². The molecule has 36 heavy (non-hydrogen) atoms. The van der Waals surface area contributed by atoms with Crippen LogP contribution in [0.5, 0.6) is 0 Å². The second-order valence-electron chi connectivity index (χ2n) is 8.33. The Hall–Kier alpha value is -4.30. The van der Waals surface area contributed by atoms with Crippen LogP contribution in [0.3, 0.4) is 0 Å².